The van der Waals surface area contributed by atoms with Crippen LogP contribution in [0.3, 0.4) is 0 Å². The van der Waals surface area contributed by atoms with Gasteiger partial charge in [0.2, 0.25) is 0 Å². The molecule has 0 aliphatic heterocycles. The van der Waals surface area contributed by atoms with Crippen molar-refractivity contribution in [2.45, 2.75) is 27.3 Å². The molecular formula is C19H21N5O. The van der Waals surface area contributed by atoms with Crippen molar-refractivity contribution < 1.29 is 4.79 Å². The van der Waals surface area contributed by atoms with E-state index in [1.54, 1.807) is 0 Å². The highest BCUT2D eigenvalue weighted by Gasteiger charge is 2.07. The molecule has 0 radical (unpaired) electrons. The van der Waals surface area contributed by atoms with Gasteiger partial charge in [0.1, 0.15) is 0 Å². The fourth-order valence-corrected chi connectivity index (χ4v) is 2.65. The third-order valence-electron chi connectivity index (χ3n) is 3.73. The first-order chi connectivity index (χ1) is 12.0. The molecule has 6 heteroatoms. The van der Waals surface area contributed by atoms with Crippen LogP contribution in [0.15, 0.2) is 48.5 Å². The molecule has 0 aliphatic carbocycles. The van der Waals surface area contributed by atoms with Crippen LogP contribution in [-0.2, 0) is 6.54 Å². The molecule has 2 N–H and O–H groups in total. The van der Waals surface area contributed by atoms with E-state index >= 15 is 0 Å². The van der Waals surface area contributed by atoms with E-state index in [4.69, 9.17) is 0 Å². The van der Waals surface area contributed by atoms with Gasteiger partial charge in [0.05, 0.1) is 23.6 Å². The van der Waals surface area contributed by atoms with E-state index in [0.29, 0.717) is 12.2 Å². The Balaban J connectivity index is 1.65. The molecule has 3 aromatic rings. The second kappa shape index (κ2) is 7.17. The third kappa shape index (κ3) is 4.23. The molecule has 0 bridgehead atoms. The Labute approximate surface area is 146 Å². The van der Waals surface area contributed by atoms with Gasteiger partial charge in [-0.3, -0.25) is 4.98 Å². The number of hydrogen-bond acceptors (Lipinski definition) is 3. The van der Waals surface area contributed by atoms with Gasteiger partial charge < -0.3 is 10.6 Å². The molecule has 1 aromatic carbocycles. The predicted octanol–water partition coefficient (Wildman–Crippen LogP) is 3.51. The lowest BCUT2D eigenvalue weighted by Crippen LogP contribution is -2.28. The number of aryl methyl sites for hydroxylation is 3. The summed E-state index contributed by atoms with van der Waals surface area (Å²) in [5.41, 5.74) is 5.37. The van der Waals surface area contributed by atoms with Crippen molar-refractivity contribution in [2.75, 3.05) is 5.32 Å². The molecule has 128 valence electrons. The van der Waals surface area contributed by atoms with Crippen molar-refractivity contribution in [1.82, 2.24) is 20.1 Å². The molecule has 0 spiro atoms. The van der Waals surface area contributed by atoms with E-state index in [1.807, 2.05) is 74.0 Å². The molecule has 6 nitrogen and oxygen atoms in total. The minimum absolute atomic E-state index is 0.270. The Morgan fingerprint density at radius 3 is 2.56 bits per heavy atom. The number of benzene rings is 1. The molecule has 0 atom stereocenters. The molecule has 2 heterocycles. The number of nitrogens with zero attached hydrogens (tertiary/aromatic N) is 3. The maximum Gasteiger partial charge on any atom is 0.319 e. The van der Waals surface area contributed by atoms with Crippen molar-refractivity contribution in [2.24, 2.45) is 0 Å². The Kier molecular flexibility index (Phi) is 4.79. The number of anilines is 1. The Morgan fingerprint density at radius 2 is 1.84 bits per heavy atom. The number of aromatic nitrogens is 3. The van der Waals surface area contributed by atoms with Crippen molar-refractivity contribution in [1.29, 1.82) is 0 Å². The molecular weight excluding hydrogens is 314 g/mol. The zero-order valence-electron chi connectivity index (χ0n) is 14.6. The third-order valence-corrected chi connectivity index (χ3v) is 3.73. The van der Waals surface area contributed by atoms with Gasteiger partial charge >= 0.3 is 6.03 Å². The van der Waals surface area contributed by atoms with Crippen LogP contribution in [-0.4, -0.2) is 20.8 Å². The van der Waals surface area contributed by atoms with Crippen molar-refractivity contribution in [3.05, 3.63) is 71.3 Å². The first kappa shape index (κ1) is 16.7. The lowest BCUT2D eigenvalue weighted by atomic mass is 10.2. The van der Waals surface area contributed by atoms with Gasteiger partial charge in [0.15, 0.2) is 0 Å². The SMILES string of the molecule is Cc1cccc(CNC(=O)Nc2cccc(-n3nc(C)cc3C)c2)n1. The summed E-state index contributed by atoms with van der Waals surface area (Å²) in [5, 5.41) is 10.1. The summed E-state index contributed by atoms with van der Waals surface area (Å²) < 4.78 is 1.86. The van der Waals surface area contributed by atoms with Gasteiger partial charge in [0.25, 0.3) is 0 Å². The van der Waals surface area contributed by atoms with E-state index in [1.165, 1.54) is 0 Å². The van der Waals surface area contributed by atoms with Crippen LogP contribution in [0.2, 0.25) is 0 Å². The lowest BCUT2D eigenvalue weighted by molar-refractivity contribution is 0.251. The molecule has 2 amide bonds. The summed E-state index contributed by atoms with van der Waals surface area (Å²) in [6.45, 7) is 6.26. The van der Waals surface area contributed by atoms with Crippen molar-refractivity contribution >= 4 is 11.7 Å². The Hall–Kier alpha value is -3.15. The maximum absolute atomic E-state index is 12.1. The van der Waals surface area contributed by atoms with E-state index in [2.05, 4.69) is 20.7 Å². The van der Waals surface area contributed by atoms with E-state index in [9.17, 15) is 4.79 Å². The quantitative estimate of drug-likeness (QED) is 0.766. The van der Waals surface area contributed by atoms with Crippen LogP contribution in [0.25, 0.3) is 5.69 Å². The van der Waals surface area contributed by atoms with Gasteiger partial charge in [-0.1, -0.05) is 12.1 Å². The summed E-state index contributed by atoms with van der Waals surface area (Å²) in [7, 11) is 0. The second-order valence-electron chi connectivity index (χ2n) is 5.97. The highest BCUT2D eigenvalue weighted by atomic mass is 16.2. The summed E-state index contributed by atoms with van der Waals surface area (Å²) >= 11 is 0. The number of urea groups is 1. The minimum atomic E-state index is -0.270. The number of rotatable bonds is 4. The van der Waals surface area contributed by atoms with Gasteiger partial charge in [-0.05, 0) is 57.2 Å². The van der Waals surface area contributed by atoms with Gasteiger partial charge in [0, 0.05) is 17.1 Å². The molecule has 3 rings (SSSR count). The van der Waals surface area contributed by atoms with Gasteiger partial charge in [-0.25, -0.2) is 9.48 Å². The number of nitrogens with one attached hydrogen (secondary N) is 2. The Bertz CT molecular complexity index is 900. The number of carbonyl (C=O) groups is 1. The lowest BCUT2D eigenvalue weighted by Gasteiger charge is -2.10. The van der Waals surface area contributed by atoms with E-state index in [0.717, 1.165) is 28.5 Å². The van der Waals surface area contributed by atoms with Crippen LogP contribution < -0.4 is 10.6 Å². The first-order valence-electron chi connectivity index (χ1n) is 8.12. The van der Waals surface area contributed by atoms with E-state index < -0.39 is 0 Å². The highest BCUT2D eigenvalue weighted by Crippen LogP contribution is 2.16. The zero-order valence-corrected chi connectivity index (χ0v) is 14.6. The van der Waals surface area contributed by atoms with Crippen LogP contribution in [0.4, 0.5) is 10.5 Å². The van der Waals surface area contributed by atoms with Crippen molar-refractivity contribution in [3.63, 3.8) is 0 Å². The Morgan fingerprint density at radius 1 is 1.04 bits per heavy atom. The predicted molar refractivity (Wildman–Crippen MR) is 97.9 cm³/mol. The fraction of sp³-hybridized carbons (Fsp3) is 0.211. The average Bonchev–Trinajstić information content (AvgIpc) is 2.92. The maximum atomic E-state index is 12.1. The molecule has 0 saturated heterocycles. The summed E-state index contributed by atoms with van der Waals surface area (Å²) in [6.07, 6.45) is 0. The molecule has 0 unspecified atom stereocenters. The molecule has 25 heavy (non-hydrogen) atoms. The zero-order chi connectivity index (χ0) is 17.8. The standard InChI is InChI=1S/C19H21N5O/c1-13-6-4-8-17(21-13)12-20-19(25)22-16-7-5-9-18(11-16)24-15(3)10-14(2)23-24/h4-11H,12H2,1-3H3,(H2,20,22,25). The topological polar surface area (TPSA) is 71.8 Å². The largest absolute Gasteiger partial charge is 0.332 e. The smallest absolute Gasteiger partial charge is 0.319 e. The number of pyridine rings is 1. The average molecular weight is 335 g/mol. The number of carbonyl (C=O) groups excluding carboxylic acids is 1. The van der Waals surface area contributed by atoms with Gasteiger partial charge in [-0.15, -0.1) is 0 Å². The van der Waals surface area contributed by atoms with E-state index in [-0.39, 0.29) is 6.03 Å². The molecule has 0 saturated carbocycles. The minimum Gasteiger partial charge on any atom is -0.332 e. The van der Waals surface area contributed by atoms with Gasteiger partial charge in [-0.2, -0.15) is 5.10 Å². The highest BCUT2D eigenvalue weighted by molar-refractivity contribution is 5.89. The summed E-state index contributed by atoms with van der Waals surface area (Å²) in [6, 6.07) is 15.1. The molecule has 0 fully saturated rings. The molecule has 0 aliphatic rings. The first-order valence-corrected chi connectivity index (χ1v) is 8.12. The monoisotopic (exact) mass is 335 g/mol. The normalized spacial score (nSPS) is 10.5. The number of amides is 2. The van der Waals surface area contributed by atoms with Crippen LogP contribution in [0, 0.1) is 20.8 Å². The summed E-state index contributed by atoms with van der Waals surface area (Å²) in [5.74, 6) is 0. The summed E-state index contributed by atoms with van der Waals surface area (Å²) in [4.78, 5) is 16.5. The van der Waals surface area contributed by atoms with Crippen LogP contribution in [0.1, 0.15) is 22.8 Å². The number of hydrogen-bond donors (Lipinski definition) is 2. The molecule has 2 aromatic heterocycles. The van der Waals surface area contributed by atoms with Crippen LogP contribution >= 0.6 is 0 Å². The van der Waals surface area contributed by atoms with Crippen LogP contribution in [0.5, 0.6) is 0 Å². The second-order valence-corrected chi connectivity index (χ2v) is 5.97. The fourth-order valence-electron chi connectivity index (χ4n) is 2.65. The van der Waals surface area contributed by atoms with Crippen molar-refractivity contribution in [3.8, 4) is 5.69 Å².